The standard InChI is InChI=1S/C32H31FNO2/c1-19-5-10-25-26-11-12-27(33)30(24-8-6-22(7-9-24)23-13-15-35-16-14-23)32(26)36-31(25)29(19)28-17-20(2)21(3)18-34(28)4/h5-12,17-18,23H,13-16H2,1-4H3/q+1/i2D3,3D3,23D. The fraction of sp³-hybridized carbons (Fsp3) is 0.281. The van der Waals surface area contributed by atoms with Gasteiger partial charge in [-0.3, -0.25) is 0 Å². The summed E-state index contributed by atoms with van der Waals surface area (Å²) in [5.74, 6) is -1.20. The molecule has 0 amide bonds. The summed E-state index contributed by atoms with van der Waals surface area (Å²) in [5.41, 5.74) is 3.89. The van der Waals surface area contributed by atoms with Crippen LogP contribution in [0.3, 0.4) is 0 Å². The third kappa shape index (κ3) is 3.72. The molecule has 0 N–H and O–H groups in total. The summed E-state index contributed by atoms with van der Waals surface area (Å²) in [6, 6.07) is 15.6. The molecule has 3 heterocycles. The Bertz CT molecular complexity index is 1870. The lowest BCUT2D eigenvalue weighted by molar-refractivity contribution is -0.660. The predicted molar refractivity (Wildman–Crippen MR) is 143 cm³/mol. The molecule has 5 aromatic rings. The molecule has 0 radical (unpaired) electrons. The number of benzene rings is 3. The smallest absolute Gasteiger partial charge is 0.216 e. The van der Waals surface area contributed by atoms with Crippen LogP contribution in [0.1, 0.15) is 50.6 Å². The summed E-state index contributed by atoms with van der Waals surface area (Å²) in [7, 11) is 1.67. The first-order valence-corrected chi connectivity index (χ1v) is 12.1. The molecule has 1 saturated heterocycles. The van der Waals surface area contributed by atoms with E-state index in [1.165, 1.54) is 18.3 Å². The van der Waals surface area contributed by atoms with Crippen molar-refractivity contribution in [2.45, 2.75) is 39.4 Å². The van der Waals surface area contributed by atoms with Crippen LogP contribution in [0.4, 0.5) is 4.39 Å². The van der Waals surface area contributed by atoms with E-state index in [-0.39, 0.29) is 11.1 Å². The Morgan fingerprint density at radius 1 is 0.889 bits per heavy atom. The highest BCUT2D eigenvalue weighted by Crippen LogP contribution is 2.42. The summed E-state index contributed by atoms with van der Waals surface area (Å²) >= 11 is 0. The van der Waals surface area contributed by atoms with E-state index in [1.807, 2.05) is 43.3 Å². The first-order valence-electron chi connectivity index (χ1n) is 15.6. The monoisotopic (exact) mass is 487 g/mol. The number of ether oxygens (including phenoxy) is 1. The van der Waals surface area contributed by atoms with Crippen molar-refractivity contribution in [3.63, 3.8) is 0 Å². The van der Waals surface area contributed by atoms with E-state index in [0.29, 0.717) is 65.0 Å². The molecule has 0 bridgehead atoms. The molecule has 1 aliphatic rings. The van der Waals surface area contributed by atoms with Gasteiger partial charge in [0.1, 0.15) is 24.0 Å². The maximum absolute atomic E-state index is 15.5. The molecule has 0 aliphatic carbocycles. The van der Waals surface area contributed by atoms with Gasteiger partial charge in [0.15, 0.2) is 6.20 Å². The Hall–Kier alpha value is -3.50. The second-order valence-corrected chi connectivity index (χ2v) is 9.43. The first kappa shape index (κ1) is 16.3. The third-order valence-electron chi connectivity index (χ3n) is 7.18. The summed E-state index contributed by atoms with van der Waals surface area (Å²) in [4.78, 5) is 0. The van der Waals surface area contributed by atoms with Gasteiger partial charge in [-0.15, -0.1) is 0 Å². The van der Waals surface area contributed by atoms with Gasteiger partial charge in [0.05, 0.1) is 11.1 Å². The zero-order chi connectivity index (χ0) is 30.9. The maximum atomic E-state index is 15.5. The highest BCUT2D eigenvalue weighted by Gasteiger charge is 2.24. The SMILES string of the molecule is [2H]C([2H])([2H])c1cc(-c2c(C)ccc3c2oc2c(-c4ccc(C5([2H])CCOCC5)cc4)c(F)ccc23)[n+](C)cc1C([2H])([2H])[2H]. The summed E-state index contributed by atoms with van der Waals surface area (Å²) in [6.07, 6.45) is 2.53. The van der Waals surface area contributed by atoms with Crippen molar-refractivity contribution in [1.82, 2.24) is 0 Å². The van der Waals surface area contributed by atoms with E-state index in [1.54, 1.807) is 17.7 Å². The summed E-state index contributed by atoms with van der Waals surface area (Å²) in [5, 5.41) is 1.41. The number of pyridine rings is 1. The minimum absolute atomic E-state index is 0.240. The van der Waals surface area contributed by atoms with E-state index in [2.05, 4.69) is 0 Å². The van der Waals surface area contributed by atoms with Gasteiger partial charge in [-0.25, -0.2) is 8.96 Å². The fourth-order valence-corrected chi connectivity index (χ4v) is 5.24. The molecular weight excluding hydrogens is 449 g/mol. The number of fused-ring (bicyclic) bond motifs is 3. The number of nitrogens with zero attached hydrogens (tertiary/aromatic N) is 1. The van der Waals surface area contributed by atoms with Crippen LogP contribution >= 0.6 is 0 Å². The topological polar surface area (TPSA) is 26.2 Å². The zero-order valence-electron chi connectivity index (χ0n) is 27.2. The Kier molecular flexibility index (Phi) is 4.01. The molecular formula is C32H31FNO2+. The lowest BCUT2D eigenvalue weighted by Crippen LogP contribution is -2.31. The normalized spacial score (nSPS) is 19.1. The highest BCUT2D eigenvalue weighted by molar-refractivity contribution is 6.13. The Labute approximate surface area is 221 Å². The predicted octanol–water partition coefficient (Wildman–Crippen LogP) is 7.70. The molecule has 0 atom stereocenters. The largest absolute Gasteiger partial charge is 0.454 e. The van der Waals surface area contributed by atoms with Crippen LogP contribution in [0.5, 0.6) is 0 Å². The molecule has 2 aromatic heterocycles. The molecule has 4 heteroatoms. The molecule has 0 unspecified atom stereocenters. The van der Waals surface area contributed by atoms with E-state index in [0.717, 1.165) is 16.5 Å². The molecule has 36 heavy (non-hydrogen) atoms. The molecule has 1 fully saturated rings. The molecule has 0 spiro atoms. The van der Waals surface area contributed by atoms with E-state index in [9.17, 15) is 0 Å². The van der Waals surface area contributed by atoms with Crippen LogP contribution in [-0.2, 0) is 11.8 Å². The van der Waals surface area contributed by atoms with E-state index >= 15 is 4.39 Å². The van der Waals surface area contributed by atoms with Crippen LogP contribution in [0.15, 0.2) is 65.2 Å². The summed E-state index contributed by atoms with van der Waals surface area (Å²) in [6.45, 7) is -2.35. The number of furan rings is 1. The number of aryl methyl sites for hydroxylation is 4. The minimum Gasteiger partial charge on any atom is -0.454 e. The minimum atomic E-state index is -2.66. The fourth-order valence-electron chi connectivity index (χ4n) is 5.24. The number of halogens is 1. The molecule has 0 saturated carbocycles. The van der Waals surface area contributed by atoms with Gasteiger partial charge in [-0.1, -0.05) is 36.4 Å². The number of hydrogen-bond acceptors (Lipinski definition) is 2. The van der Waals surface area contributed by atoms with Gasteiger partial charge in [0, 0.05) is 45.2 Å². The van der Waals surface area contributed by atoms with E-state index in [4.69, 9.17) is 18.7 Å². The van der Waals surface area contributed by atoms with Crippen LogP contribution in [0, 0.1) is 26.4 Å². The first-order chi connectivity index (χ1) is 20.2. The molecule has 182 valence electrons. The zero-order valence-corrected chi connectivity index (χ0v) is 20.2. The van der Waals surface area contributed by atoms with Gasteiger partial charge in [0.25, 0.3) is 0 Å². The van der Waals surface area contributed by atoms with Crippen molar-refractivity contribution < 1.29 is 27.7 Å². The highest BCUT2D eigenvalue weighted by atomic mass is 19.1. The van der Waals surface area contributed by atoms with Crippen LogP contribution in [-0.4, -0.2) is 13.2 Å². The lowest BCUT2D eigenvalue weighted by atomic mass is 9.90. The summed E-state index contributed by atoms with van der Waals surface area (Å²) < 4.78 is 85.9. The van der Waals surface area contributed by atoms with E-state index < -0.39 is 25.4 Å². The molecule has 3 nitrogen and oxygen atoms in total. The van der Waals surface area contributed by atoms with Crippen molar-refractivity contribution in [3.8, 4) is 22.4 Å². The quantitative estimate of drug-likeness (QED) is 0.244. The van der Waals surface area contributed by atoms with Crippen molar-refractivity contribution in [2.24, 2.45) is 7.05 Å². The Balaban J connectivity index is 1.56. The molecule has 6 rings (SSSR count). The number of rotatable bonds is 3. The van der Waals surface area contributed by atoms with Gasteiger partial charge in [0.2, 0.25) is 5.69 Å². The Morgan fingerprint density at radius 2 is 1.58 bits per heavy atom. The number of hydrogen-bond donors (Lipinski definition) is 0. The second kappa shape index (κ2) is 8.86. The average Bonchev–Trinajstić information content (AvgIpc) is 3.31. The third-order valence-corrected chi connectivity index (χ3v) is 7.18. The van der Waals surface area contributed by atoms with Crippen LogP contribution < -0.4 is 4.57 Å². The van der Waals surface area contributed by atoms with Crippen molar-refractivity contribution in [2.75, 3.05) is 13.2 Å². The van der Waals surface area contributed by atoms with Crippen LogP contribution in [0.25, 0.3) is 44.3 Å². The van der Waals surface area contributed by atoms with Crippen molar-refractivity contribution >= 4 is 21.9 Å². The van der Waals surface area contributed by atoms with Crippen LogP contribution in [0.2, 0.25) is 0 Å². The van der Waals surface area contributed by atoms with Crippen molar-refractivity contribution in [1.29, 1.82) is 0 Å². The number of aromatic nitrogens is 1. The molecule has 1 aliphatic heterocycles. The molecule has 3 aromatic carbocycles. The van der Waals surface area contributed by atoms with Gasteiger partial charge in [-0.2, -0.15) is 0 Å². The second-order valence-electron chi connectivity index (χ2n) is 9.43. The van der Waals surface area contributed by atoms with Gasteiger partial charge < -0.3 is 9.15 Å². The lowest BCUT2D eigenvalue weighted by Gasteiger charge is -2.22. The average molecular weight is 488 g/mol. The van der Waals surface area contributed by atoms with Gasteiger partial charge >= 0.3 is 0 Å². The van der Waals surface area contributed by atoms with Crippen molar-refractivity contribution in [3.05, 3.63) is 88.9 Å². The van der Waals surface area contributed by atoms with Gasteiger partial charge in [-0.05, 0) is 73.7 Å². The maximum Gasteiger partial charge on any atom is 0.216 e. The Morgan fingerprint density at radius 3 is 2.31 bits per heavy atom.